The van der Waals surface area contributed by atoms with Gasteiger partial charge >= 0.3 is 5.97 Å². The van der Waals surface area contributed by atoms with Gasteiger partial charge in [0.25, 0.3) is 0 Å². The van der Waals surface area contributed by atoms with Crippen molar-refractivity contribution in [2.45, 2.75) is 39.2 Å². The normalized spacial score (nSPS) is 21.4. The number of benzene rings is 2. The van der Waals surface area contributed by atoms with E-state index in [-0.39, 0.29) is 17.8 Å². The number of para-hydroxylation sites is 1. The fourth-order valence-corrected chi connectivity index (χ4v) is 5.04. The molecule has 1 N–H and O–H groups in total. The highest BCUT2D eigenvalue weighted by atomic mass is 16.5. The van der Waals surface area contributed by atoms with Gasteiger partial charge in [-0.25, -0.2) is 0 Å². The number of carbonyl (C=O) groups excluding carboxylic acids is 2. The molecule has 0 bridgehead atoms. The Kier molecular flexibility index (Phi) is 6.51. The van der Waals surface area contributed by atoms with E-state index < -0.39 is 17.8 Å². The quantitative estimate of drug-likeness (QED) is 0.617. The topological polar surface area (TPSA) is 73.9 Å². The molecule has 0 radical (unpaired) electrons. The van der Waals surface area contributed by atoms with Crippen LogP contribution in [0, 0.1) is 11.3 Å². The maximum absolute atomic E-state index is 13.5. The Hall–Kier alpha value is -3.54. The molecule has 1 aliphatic carbocycles. The van der Waals surface area contributed by atoms with Crippen LogP contribution in [-0.2, 0) is 20.9 Å². The van der Waals surface area contributed by atoms with Crippen molar-refractivity contribution >= 4 is 11.8 Å². The van der Waals surface area contributed by atoms with E-state index in [1.54, 1.807) is 20.3 Å². The lowest BCUT2D eigenvalue weighted by Gasteiger charge is -2.42. The molecule has 2 aromatic rings. The van der Waals surface area contributed by atoms with Gasteiger partial charge in [-0.05, 0) is 23.5 Å². The second-order valence-electron chi connectivity index (χ2n) is 9.61. The number of carbonyl (C=O) groups is 2. The summed E-state index contributed by atoms with van der Waals surface area (Å²) in [7, 11) is 3.12. The summed E-state index contributed by atoms with van der Waals surface area (Å²) in [5.74, 6) is -0.793. The van der Waals surface area contributed by atoms with Crippen LogP contribution in [-0.4, -0.2) is 26.0 Å². The molecule has 0 aromatic heterocycles. The Morgan fingerprint density at radius 3 is 2.47 bits per heavy atom. The summed E-state index contributed by atoms with van der Waals surface area (Å²) in [5, 5.41) is 3.29. The van der Waals surface area contributed by atoms with Crippen LogP contribution in [0.1, 0.15) is 43.7 Å². The van der Waals surface area contributed by atoms with E-state index in [1.807, 2.05) is 42.5 Å². The molecule has 1 heterocycles. The Balaban J connectivity index is 1.81. The lowest BCUT2D eigenvalue weighted by atomic mass is 9.66. The van der Waals surface area contributed by atoms with Crippen LogP contribution in [0.5, 0.6) is 11.5 Å². The summed E-state index contributed by atoms with van der Waals surface area (Å²) >= 11 is 0. The average Bonchev–Trinajstić information content (AvgIpc) is 2.80. The van der Waals surface area contributed by atoms with E-state index in [9.17, 15) is 9.59 Å². The van der Waals surface area contributed by atoms with Crippen molar-refractivity contribution in [1.82, 2.24) is 5.32 Å². The number of rotatable bonds is 6. The largest absolute Gasteiger partial charge is 0.493 e. The fraction of sp³-hybridized carbons (Fsp3) is 0.357. The van der Waals surface area contributed by atoms with Crippen molar-refractivity contribution < 1.29 is 23.8 Å². The van der Waals surface area contributed by atoms with Gasteiger partial charge in [-0.3, -0.25) is 9.59 Å². The van der Waals surface area contributed by atoms with Gasteiger partial charge < -0.3 is 19.5 Å². The molecule has 0 spiro atoms. The molecule has 0 amide bonds. The van der Waals surface area contributed by atoms with E-state index >= 15 is 0 Å². The van der Waals surface area contributed by atoms with Crippen molar-refractivity contribution in [3.8, 4) is 11.5 Å². The Bertz CT molecular complexity index is 1150. The van der Waals surface area contributed by atoms with Crippen molar-refractivity contribution in [3.63, 3.8) is 0 Å². The third-order valence-electron chi connectivity index (χ3n) is 6.50. The maximum Gasteiger partial charge on any atom is 0.316 e. The Morgan fingerprint density at radius 1 is 1.06 bits per heavy atom. The number of ether oxygens (including phenoxy) is 3. The first-order valence-electron chi connectivity index (χ1n) is 11.4. The number of Topliss-reactive ketones (excluding diaryl/α,β-unsaturated/α-hetero) is 1. The van der Waals surface area contributed by atoms with Crippen molar-refractivity contribution in [1.29, 1.82) is 0 Å². The molecule has 2 aliphatic rings. The van der Waals surface area contributed by atoms with Crippen LogP contribution in [0.4, 0.5) is 0 Å². The SMILES string of the molecule is C=C1NC2=C(C(=O)CC(C)(C)C2)C(c2cccc(OC)c2OC)C1C(=O)OCc1ccccc1. The summed E-state index contributed by atoms with van der Waals surface area (Å²) in [6, 6.07) is 15.0. The molecule has 6 nitrogen and oxygen atoms in total. The minimum absolute atomic E-state index is 0.0157. The number of hydrogen-bond donors (Lipinski definition) is 1. The monoisotopic (exact) mass is 461 g/mol. The molecular weight excluding hydrogens is 430 g/mol. The predicted molar refractivity (Wildman–Crippen MR) is 129 cm³/mol. The van der Waals surface area contributed by atoms with E-state index in [2.05, 4.69) is 25.7 Å². The first-order chi connectivity index (χ1) is 16.3. The molecule has 4 rings (SSSR count). The third kappa shape index (κ3) is 4.45. The minimum Gasteiger partial charge on any atom is -0.493 e. The number of nitrogens with one attached hydrogen (secondary N) is 1. The highest BCUT2D eigenvalue weighted by Gasteiger charge is 2.47. The summed E-state index contributed by atoms with van der Waals surface area (Å²) < 4.78 is 16.9. The lowest BCUT2D eigenvalue weighted by molar-refractivity contribution is -0.149. The highest BCUT2D eigenvalue weighted by molar-refractivity contribution is 6.01. The molecular formula is C28H31NO5. The first kappa shape index (κ1) is 23.6. The summed E-state index contributed by atoms with van der Waals surface area (Å²) in [5.41, 5.74) is 3.32. The smallest absolute Gasteiger partial charge is 0.316 e. The zero-order chi connectivity index (χ0) is 24.5. The lowest BCUT2D eigenvalue weighted by Crippen LogP contribution is -2.43. The van der Waals surface area contributed by atoms with E-state index in [0.717, 1.165) is 11.3 Å². The second-order valence-corrected chi connectivity index (χ2v) is 9.61. The van der Waals surface area contributed by atoms with Crippen molar-refractivity contribution in [2.24, 2.45) is 11.3 Å². The number of ketones is 1. The zero-order valence-corrected chi connectivity index (χ0v) is 20.1. The second kappa shape index (κ2) is 9.37. The van der Waals surface area contributed by atoms with Gasteiger partial charge in [-0.15, -0.1) is 0 Å². The summed E-state index contributed by atoms with van der Waals surface area (Å²) in [4.78, 5) is 27.0. The molecule has 0 saturated carbocycles. The molecule has 34 heavy (non-hydrogen) atoms. The van der Waals surface area contributed by atoms with E-state index in [4.69, 9.17) is 14.2 Å². The summed E-state index contributed by atoms with van der Waals surface area (Å²) in [6.45, 7) is 8.46. The number of hydrogen-bond acceptors (Lipinski definition) is 6. The molecule has 0 fully saturated rings. The van der Waals surface area contributed by atoms with Crippen LogP contribution in [0.2, 0.25) is 0 Å². The fourth-order valence-electron chi connectivity index (χ4n) is 5.04. The standard InChI is InChI=1S/C28H31NO5/c1-17-23(27(31)34-16-18-10-7-6-8-11-18)24(19-12-9-13-22(32-4)26(19)33-5)25-20(29-17)14-28(2,3)15-21(25)30/h6-13,23-24,29H,1,14-16H2,2-5H3. The van der Waals surface area contributed by atoms with Crippen LogP contribution in [0.3, 0.4) is 0 Å². The third-order valence-corrected chi connectivity index (χ3v) is 6.50. The zero-order valence-electron chi connectivity index (χ0n) is 20.1. The number of methoxy groups -OCH3 is 2. The van der Waals surface area contributed by atoms with Crippen molar-refractivity contribution in [3.05, 3.63) is 83.2 Å². The van der Waals surface area contributed by atoms with Crippen LogP contribution in [0.25, 0.3) is 0 Å². The van der Waals surface area contributed by atoms with Gasteiger partial charge in [-0.1, -0.05) is 62.9 Å². The van der Waals surface area contributed by atoms with Gasteiger partial charge in [-0.2, -0.15) is 0 Å². The Morgan fingerprint density at radius 2 is 1.79 bits per heavy atom. The van der Waals surface area contributed by atoms with Gasteiger partial charge in [0.05, 0.1) is 14.2 Å². The molecule has 2 unspecified atom stereocenters. The molecule has 178 valence electrons. The molecule has 0 saturated heterocycles. The van der Waals surface area contributed by atoms with E-state index in [0.29, 0.717) is 41.2 Å². The number of allylic oxidation sites excluding steroid dienone is 2. The Labute approximate surface area is 200 Å². The van der Waals surface area contributed by atoms with Crippen LogP contribution in [0.15, 0.2) is 72.1 Å². The first-order valence-corrected chi connectivity index (χ1v) is 11.4. The molecule has 2 aromatic carbocycles. The highest BCUT2D eigenvalue weighted by Crippen LogP contribution is 2.51. The average molecular weight is 462 g/mol. The van der Waals surface area contributed by atoms with Gasteiger partial charge in [0.1, 0.15) is 12.5 Å². The van der Waals surface area contributed by atoms with Gasteiger partial charge in [0.15, 0.2) is 17.3 Å². The van der Waals surface area contributed by atoms with Crippen molar-refractivity contribution in [2.75, 3.05) is 14.2 Å². The molecule has 6 heteroatoms. The number of esters is 1. The summed E-state index contributed by atoms with van der Waals surface area (Å²) in [6.07, 6.45) is 1.08. The molecule has 2 atom stereocenters. The molecule has 1 aliphatic heterocycles. The van der Waals surface area contributed by atoms with Gasteiger partial charge in [0, 0.05) is 34.9 Å². The predicted octanol–water partition coefficient (Wildman–Crippen LogP) is 4.91. The van der Waals surface area contributed by atoms with Gasteiger partial charge in [0.2, 0.25) is 0 Å². The van der Waals surface area contributed by atoms with Crippen LogP contribution >= 0.6 is 0 Å². The van der Waals surface area contributed by atoms with E-state index in [1.165, 1.54) is 0 Å². The minimum atomic E-state index is -0.798. The van der Waals surface area contributed by atoms with Crippen LogP contribution < -0.4 is 14.8 Å². The maximum atomic E-state index is 13.5.